The van der Waals surface area contributed by atoms with E-state index in [2.05, 4.69) is 9.13 Å². The van der Waals surface area contributed by atoms with Crippen LogP contribution in [0.4, 0.5) is 0 Å². The third-order valence-electron chi connectivity index (χ3n) is 4.28. The number of hydrogen-bond donors (Lipinski definition) is 0. The first-order valence-corrected chi connectivity index (χ1v) is 10.9. The van der Waals surface area contributed by atoms with Crippen LogP contribution in [0.3, 0.4) is 0 Å². The van der Waals surface area contributed by atoms with E-state index in [1.54, 1.807) is 28.4 Å². The molecule has 0 N–H and O–H groups in total. The van der Waals surface area contributed by atoms with E-state index in [-0.39, 0.29) is 0 Å². The van der Waals surface area contributed by atoms with Gasteiger partial charge in [-0.3, -0.25) is 9.13 Å². The lowest BCUT2D eigenvalue weighted by Crippen LogP contribution is -2.70. The molecule has 0 spiro atoms. The monoisotopic (exact) mass is 336 g/mol. The molecule has 0 aromatic rings. The molecule has 7 nitrogen and oxygen atoms in total. The van der Waals surface area contributed by atoms with Gasteiger partial charge in [0.2, 0.25) is 0 Å². The van der Waals surface area contributed by atoms with Crippen molar-refractivity contribution in [3.8, 4) is 0 Å². The maximum absolute atomic E-state index is 6.43. The standard InChI is InChI=1S/C12H28N2O5Si2/c1-15-20(16-2,13-9-5-6-10-13)19-21(17-3,18-4)14-11-7-8-12-14/h5-12H2,1-4H3. The lowest BCUT2D eigenvalue weighted by molar-refractivity contribution is 0.0215. The van der Waals surface area contributed by atoms with Gasteiger partial charge in [0.25, 0.3) is 0 Å². The van der Waals surface area contributed by atoms with Crippen LogP contribution in [0.2, 0.25) is 0 Å². The largest absolute Gasteiger partial charge is 0.592 e. The maximum Gasteiger partial charge on any atom is 0.592 e. The van der Waals surface area contributed by atoms with Crippen LogP contribution >= 0.6 is 0 Å². The maximum atomic E-state index is 6.43. The van der Waals surface area contributed by atoms with Gasteiger partial charge in [0.15, 0.2) is 0 Å². The first-order valence-electron chi connectivity index (χ1n) is 7.57. The fourth-order valence-electron chi connectivity index (χ4n) is 3.12. The Bertz CT molecular complexity index is 287. The van der Waals surface area contributed by atoms with Gasteiger partial charge >= 0.3 is 17.9 Å². The highest BCUT2D eigenvalue weighted by molar-refractivity contribution is 6.72. The molecule has 2 heterocycles. The Morgan fingerprint density at radius 2 is 0.857 bits per heavy atom. The van der Waals surface area contributed by atoms with E-state index in [9.17, 15) is 0 Å². The first kappa shape index (κ1) is 17.5. The van der Waals surface area contributed by atoms with Crippen molar-refractivity contribution < 1.29 is 21.8 Å². The summed E-state index contributed by atoms with van der Waals surface area (Å²) >= 11 is 0. The Morgan fingerprint density at radius 1 is 0.571 bits per heavy atom. The molecule has 9 heteroatoms. The molecule has 0 aliphatic carbocycles. The van der Waals surface area contributed by atoms with Crippen molar-refractivity contribution in [3.05, 3.63) is 0 Å². The Hall–Kier alpha value is 0.154. The zero-order valence-corrected chi connectivity index (χ0v) is 15.6. The lowest BCUT2D eigenvalue weighted by atomic mass is 10.4. The van der Waals surface area contributed by atoms with E-state index in [1.807, 2.05) is 0 Å². The fraction of sp³-hybridized carbons (Fsp3) is 1.00. The molecule has 124 valence electrons. The minimum atomic E-state index is -2.95. The third kappa shape index (κ3) is 3.41. The van der Waals surface area contributed by atoms with Gasteiger partial charge in [0.05, 0.1) is 0 Å². The summed E-state index contributed by atoms with van der Waals surface area (Å²) in [4.78, 5) is 0. The van der Waals surface area contributed by atoms with Crippen molar-refractivity contribution >= 4 is 17.9 Å². The van der Waals surface area contributed by atoms with E-state index in [1.165, 1.54) is 0 Å². The molecule has 2 rings (SSSR count). The topological polar surface area (TPSA) is 52.6 Å². The molecule has 0 aromatic heterocycles. The summed E-state index contributed by atoms with van der Waals surface area (Å²) in [7, 11) is 0.717. The van der Waals surface area contributed by atoms with Gasteiger partial charge < -0.3 is 21.8 Å². The predicted octanol–water partition coefficient (Wildman–Crippen LogP) is 0.651. The zero-order chi connectivity index (χ0) is 15.3. The van der Waals surface area contributed by atoms with Crippen LogP contribution in [0.15, 0.2) is 0 Å². The molecule has 2 aliphatic heterocycles. The first-order chi connectivity index (χ1) is 10.2. The number of hydrogen-bond acceptors (Lipinski definition) is 7. The van der Waals surface area contributed by atoms with Crippen molar-refractivity contribution in [2.24, 2.45) is 0 Å². The highest BCUT2D eigenvalue weighted by Gasteiger charge is 2.60. The van der Waals surface area contributed by atoms with E-state index < -0.39 is 17.9 Å². The minimum Gasteiger partial charge on any atom is -0.365 e. The van der Waals surface area contributed by atoms with Gasteiger partial charge in [0, 0.05) is 28.4 Å². The SMILES string of the molecule is CO[Si](OC)(O[Si](OC)(OC)N1CCCC1)N1CCCC1. The molecule has 0 amide bonds. The van der Waals surface area contributed by atoms with E-state index >= 15 is 0 Å². The number of rotatable bonds is 8. The van der Waals surface area contributed by atoms with E-state index in [4.69, 9.17) is 21.8 Å². The molecule has 21 heavy (non-hydrogen) atoms. The van der Waals surface area contributed by atoms with Gasteiger partial charge in [-0.25, -0.2) is 0 Å². The molecule has 0 unspecified atom stereocenters. The molecule has 2 saturated heterocycles. The summed E-state index contributed by atoms with van der Waals surface area (Å²) in [6, 6.07) is 0. The fourth-order valence-corrected chi connectivity index (χ4v) is 9.89. The van der Waals surface area contributed by atoms with Gasteiger partial charge in [-0.2, -0.15) is 0 Å². The Balaban J connectivity index is 2.22. The van der Waals surface area contributed by atoms with Crippen LogP contribution < -0.4 is 0 Å². The third-order valence-corrected chi connectivity index (χ3v) is 10.8. The highest BCUT2D eigenvalue weighted by atomic mass is 28.5. The molecule has 0 aromatic carbocycles. The minimum absolute atomic E-state index is 0.936. The van der Waals surface area contributed by atoms with Gasteiger partial charge in [-0.15, -0.1) is 0 Å². The zero-order valence-electron chi connectivity index (χ0n) is 13.6. The lowest BCUT2D eigenvalue weighted by Gasteiger charge is -2.41. The van der Waals surface area contributed by atoms with Crippen molar-refractivity contribution in [3.63, 3.8) is 0 Å². The number of nitrogens with zero attached hydrogens (tertiary/aromatic N) is 2. The average molecular weight is 337 g/mol. The highest BCUT2D eigenvalue weighted by Crippen LogP contribution is 2.28. The van der Waals surface area contributed by atoms with Crippen molar-refractivity contribution in [1.82, 2.24) is 9.13 Å². The second-order valence-electron chi connectivity index (χ2n) is 5.35. The van der Waals surface area contributed by atoms with Gasteiger partial charge in [-0.1, -0.05) is 0 Å². The van der Waals surface area contributed by atoms with E-state index in [0.717, 1.165) is 51.9 Å². The quantitative estimate of drug-likeness (QED) is 0.603. The van der Waals surface area contributed by atoms with Crippen LogP contribution in [0.5, 0.6) is 0 Å². The van der Waals surface area contributed by atoms with Gasteiger partial charge in [-0.05, 0) is 51.9 Å². The van der Waals surface area contributed by atoms with Crippen LogP contribution in [0.1, 0.15) is 25.7 Å². The van der Waals surface area contributed by atoms with Gasteiger partial charge in [0.1, 0.15) is 0 Å². The smallest absolute Gasteiger partial charge is 0.365 e. The van der Waals surface area contributed by atoms with Crippen molar-refractivity contribution in [2.75, 3.05) is 54.6 Å². The predicted molar refractivity (Wildman–Crippen MR) is 82.2 cm³/mol. The van der Waals surface area contributed by atoms with Crippen LogP contribution in [-0.4, -0.2) is 81.7 Å². The molecule has 2 fully saturated rings. The van der Waals surface area contributed by atoms with Crippen LogP contribution in [-0.2, 0) is 21.8 Å². The molecular formula is C12H28N2O5Si2. The Labute approximate surface area is 129 Å². The Kier molecular flexibility index (Phi) is 6.35. The summed E-state index contributed by atoms with van der Waals surface area (Å²) in [6.07, 6.45) is 4.57. The summed E-state index contributed by atoms with van der Waals surface area (Å²) in [5.74, 6) is 0. The second kappa shape index (κ2) is 7.62. The molecular weight excluding hydrogens is 308 g/mol. The average Bonchev–Trinajstić information content (AvgIpc) is 3.23. The molecule has 0 radical (unpaired) electrons. The molecule has 2 aliphatic rings. The second-order valence-corrected chi connectivity index (χ2v) is 11.2. The normalized spacial score (nSPS) is 22.3. The van der Waals surface area contributed by atoms with Crippen LogP contribution in [0, 0.1) is 0 Å². The molecule has 0 atom stereocenters. The van der Waals surface area contributed by atoms with Crippen molar-refractivity contribution in [1.29, 1.82) is 0 Å². The van der Waals surface area contributed by atoms with Crippen molar-refractivity contribution in [2.45, 2.75) is 25.7 Å². The molecule has 0 saturated carbocycles. The van der Waals surface area contributed by atoms with Crippen LogP contribution in [0.25, 0.3) is 0 Å². The molecule has 0 bridgehead atoms. The Morgan fingerprint density at radius 3 is 1.10 bits per heavy atom. The summed E-state index contributed by atoms with van der Waals surface area (Å²) in [5.41, 5.74) is 0. The summed E-state index contributed by atoms with van der Waals surface area (Å²) in [5, 5.41) is 0. The van der Waals surface area contributed by atoms with E-state index in [0.29, 0.717) is 0 Å². The summed E-state index contributed by atoms with van der Waals surface area (Å²) < 4.78 is 33.9. The summed E-state index contributed by atoms with van der Waals surface area (Å²) in [6.45, 7) is 3.75.